The molecule has 2 aromatic rings. The molecule has 0 radical (unpaired) electrons. The molecule has 0 aliphatic carbocycles. The molecule has 0 bridgehead atoms. The summed E-state index contributed by atoms with van der Waals surface area (Å²) in [5.41, 5.74) is 2.86. The van der Waals surface area contributed by atoms with E-state index in [-0.39, 0.29) is 11.3 Å². The van der Waals surface area contributed by atoms with Gasteiger partial charge < -0.3 is 14.2 Å². The smallest absolute Gasteiger partial charge is 0.259 e. The molecule has 1 fully saturated rings. The molecular weight excluding hydrogens is 378 g/mol. The van der Waals surface area contributed by atoms with Crippen LogP contribution in [0, 0.1) is 13.8 Å². The summed E-state index contributed by atoms with van der Waals surface area (Å²) < 4.78 is 7.53. The molecule has 0 atom stereocenters. The number of amides is 1. The lowest BCUT2D eigenvalue weighted by Gasteiger charge is -2.34. The molecule has 6 heteroatoms. The van der Waals surface area contributed by atoms with Crippen LogP contribution >= 0.6 is 0 Å². The summed E-state index contributed by atoms with van der Waals surface area (Å²) in [7, 11) is 1.67. The van der Waals surface area contributed by atoms with Gasteiger partial charge in [-0.2, -0.15) is 0 Å². The van der Waals surface area contributed by atoms with Gasteiger partial charge in [0.2, 0.25) is 0 Å². The first-order chi connectivity index (χ1) is 14.5. The number of hydrogen-bond donors (Lipinski definition) is 0. The predicted molar refractivity (Wildman–Crippen MR) is 120 cm³/mol. The molecular formula is C24H33N3O3. The predicted octanol–water partition coefficient (Wildman–Crippen LogP) is 2.88. The molecule has 3 rings (SSSR count). The summed E-state index contributed by atoms with van der Waals surface area (Å²) in [5.74, 6) is 0.717. The number of piperazine rings is 1. The fraction of sp³-hybridized carbons (Fsp3) is 0.500. The number of hydrogen-bond acceptors (Lipinski definition) is 4. The molecule has 0 saturated carbocycles. The second-order valence-corrected chi connectivity index (χ2v) is 7.96. The van der Waals surface area contributed by atoms with Gasteiger partial charge in [-0.15, -0.1) is 0 Å². The molecule has 1 aliphatic heterocycles. The van der Waals surface area contributed by atoms with Crippen LogP contribution in [0.15, 0.2) is 35.1 Å². The molecule has 162 valence electrons. The lowest BCUT2D eigenvalue weighted by molar-refractivity contribution is 0.0634. The highest BCUT2D eigenvalue weighted by Gasteiger charge is 2.26. The number of carbonyl (C=O) groups is 1. The first-order valence-corrected chi connectivity index (χ1v) is 10.8. The van der Waals surface area contributed by atoms with Gasteiger partial charge >= 0.3 is 0 Å². The maximum Gasteiger partial charge on any atom is 0.259 e. The lowest BCUT2D eigenvalue weighted by Crippen LogP contribution is -2.49. The standard InChI is InChI=1S/C24H33N3O3/c1-5-11-25-13-15-26(16-14-25)24(29)23-19(3)27(18(2)17-21(23)28)12-10-20-8-6-7-9-22(20)30-4/h6-9,17H,5,10-16H2,1-4H3. The van der Waals surface area contributed by atoms with E-state index in [1.165, 1.54) is 0 Å². The highest BCUT2D eigenvalue weighted by Crippen LogP contribution is 2.20. The molecule has 1 aromatic heterocycles. The van der Waals surface area contributed by atoms with Crippen molar-refractivity contribution in [1.82, 2.24) is 14.4 Å². The molecule has 2 heterocycles. The number of nitrogens with zero attached hydrogens (tertiary/aromatic N) is 3. The minimum absolute atomic E-state index is 0.139. The minimum Gasteiger partial charge on any atom is -0.496 e. The van der Waals surface area contributed by atoms with Gasteiger partial charge in [-0.25, -0.2) is 0 Å². The molecule has 1 saturated heterocycles. The SMILES string of the molecule is CCCN1CCN(C(=O)c2c(C)n(CCc3ccccc3OC)c(C)cc2=O)CC1. The van der Waals surface area contributed by atoms with E-state index in [2.05, 4.69) is 16.4 Å². The third-order valence-corrected chi connectivity index (χ3v) is 5.99. The van der Waals surface area contributed by atoms with E-state index in [4.69, 9.17) is 4.74 Å². The number of ether oxygens (including phenoxy) is 1. The Morgan fingerprint density at radius 3 is 2.43 bits per heavy atom. The molecule has 1 amide bonds. The molecule has 0 spiro atoms. The van der Waals surface area contributed by atoms with Gasteiger partial charge in [-0.1, -0.05) is 25.1 Å². The summed E-state index contributed by atoms with van der Waals surface area (Å²) in [6, 6.07) is 9.54. The van der Waals surface area contributed by atoms with Gasteiger partial charge in [0.1, 0.15) is 11.3 Å². The highest BCUT2D eigenvalue weighted by atomic mass is 16.5. The summed E-state index contributed by atoms with van der Waals surface area (Å²) in [4.78, 5) is 30.2. The number of methoxy groups -OCH3 is 1. The van der Waals surface area contributed by atoms with Crippen molar-refractivity contribution >= 4 is 5.91 Å². The third-order valence-electron chi connectivity index (χ3n) is 5.99. The summed E-state index contributed by atoms with van der Waals surface area (Å²) in [6.45, 7) is 10.8. The van der Waals surface area contributed by atoms with Crippen molar-refractivity contribution in [3.8, 4) is 5.75 Å². The van der Waals surface area contributed by atoms with E-state index < -0.39 is 0 Å². The number of aryl methyl sites for hydroxylation is 2. The Kier molecular flexibility index (Phi) is 7.32. The molecule has 6 nitrogen and oxygen atoms in total. The Balaban J connectivity index is 1.81. The van der Waals surface area contributed by atoms with E-state index in [0.717, 1.165) is 55.2 Å². The van der Waals surface area contributed by atoms with Crippen molar-refractivity contribution in [3.05, 3.63) is 63.1 Å². The minimum atomic E-state index is -0.181. The van der Waals surface area contributed by atoms with Crippen molar-refractivity contribution in [3.63, 3.8) is 0 Å². The number of rotatable bonds is 7. The van der Waals surface area contributed by atoms with Crippen LogP contribution in [0.1, 0.15) is 40.7 Å². The van der Waals surface area contributed by atoms with Gasteiger partial charge in [0.25, 0.3) is 5.91 Å². The largest absolute Gasteiger partial charge is 0.496 e. The number of benzene rings is 1. The summed E-state index contributed by atoms with van der Waals surface area (Å²) >= 11 is 0. The van der Waals surface area contributed by atoms with Crippen molar-refractivity contribution in [2.24, 2.45) is 0 Å². The highest BCUT2D eigenvalue weighted by molar-refractivity contribution is 5.95. The van der Waals surface area contributed by atoms with Crippen LogP contribution in [0.3, 0.4) is 0 Å². The van der Waals surface area contributed by atoms with Crippen LogP contribution < -0.4 is 10.2 Å². The summed E-state index contributed by atoms with van der Waals surface area (Å²) in [5, 5.41) is 0. The van der Waals surface area contributed by atoms with E-state index in [0.29, 0.717) is 25.2 Å². The fourth-order valence-corrected chi connectivity index (χ4v) is 4.31. The maximum atomic E-state index is 13.2. The van der Waals surface area contributed by atoms with E-state index >= 15 is 0 Å². The van der Waals surface area contributed by atoms with Crippen molar-refractivity contribution in [2.75, 3.05) is 39.8 Å². The average Bonchev–Trinajstić information content (AvgIpc) is 2.74. The number of aromatic nitrogens is 1. The van der Waals surface area contributed by atoms with Crippen LogP contribution in [-0.2, 0) is 13.0 Å². The van der Waals surface area contributed by atoms with Gasteiger partial charge in [0.15, 0.2) is 5.43 Å². The second-order valence-electron chi connectivity index (χ2n) is 7.96. The normalized spacial score (nSPS) is 14.7. The fourth-order valence-electron chi connectivity index (χ4n) is 4.31. The Bertz CT molecular complexity index is 943. The number of pyridine rings is 1. The van der Waals surface area contributed by atoms with E-state index in [1.807, 2.05) is 43.0 Å². The topological polar surface area (TPSA) is 54.8 Å². The molecule has 1 aliphatic rings. The third kappa shape index (κ3) is 4.75. The van der Waals surface area contributed by atoms with Crippen LogP contribution in [0.25, 0.3) is 0 Å². The zero-order valence-corrected chi connectivity index (χ0v) is 18.6. The molecule has 0 unspecified atom stereocenters. The van der Waals surface area contributed by atoms with Crippen LogP contribution in [0.4, 0.5) is 0 Å². The van der Waals surface area contributed by atoms with E-state index in [1.54, 1.807) is 13.2 Å². The maximum absolute atomic E-state index is 13.2. The van der Waals surface area contributed by atoms with Gasteiger partial charge in [0, 0.05) is 50.2 Å². The van der Waals surface area contributed by atoms with Crippen LogP contribution in [0.2, 0.25) is 0 Å². The van der Waals surface area contributed by atoms with Crippen LogP contribution in [-0.4, -0.2) is 60.1 Å². The van der Waals surface area contributed by atoms with E-state index in [9.17, 15) is 9.59 Å². The van der Waals surface area contributed by atoms with Gasteiger partial charge in [-0.3, -0.25) is 14.5 Å². The van der Waals surface area contributed by atoms with Gasteiger partial charge in [-0.05, 0) is 44.9 Å². The first kappa shape index (κ1) is 22.1. The van der Waals surface area contributed by atoms with Crippen molar-refractivity contribution in [2.45, 2.75) is 40.2 Å². The summed E-state index contributed by atoms with van der Waals surface area (Å²) in [6.07, 6.45) is 1.87. The Hall–Kier alpha value is -2.60. The average molecular weight is 412 g/mol. The zero-order valence-electron chi connectivity index (χ0n) is 18.6. The second kappa shape index (κ2) is 9.94. The van der Waals surface area contributed by atoms with Crippen molar-refractivity contribution < 1.29 is 9.53 Å². The van der Waals surface area contributed by atoms with Crippen LogP contribution in [0.5, 0.6) is 5.75 Å². The molecule has 30 heavy (non-hydrogen) atoms. The Morgan fingerprint density at radius 1 is 1.07 bits per heavy atom. The van der Waals surface area contributed by atoms with Crippen molar-refractivity contribution in [1.29, 1.82) is 0 Å². The molecule has 1 aromatic carbocycles. The number of carbonyl (C=O) groups excluding carboxylic acids is 1. The quantitative estimate of drug-likeness (QED) is 0.703. The number of para-hydroxylation sites is 1. The molecule has 0 N–H and O–H groups in total. The van der Waals surface area contributed by atoms with Gasteiger partial charge in [0.05, 0.1) is 7.11 Å². The first-order valence-electron chi connectivity index (χ1n) is 10.8. The zero-order chi connectivity index (χ0) is 21.7. The Morgan fingerprint density at radius 2 is 1.77 bits per heavy atom. The Labute approximate surface area is 179 Å². The monoisotopic (exact) mass is 411 g/mol. The lowest BCUT2D eigenvalue weighted by atomic mass is 10.1.